The van der Waals surface area contributed by atoms with Crippen molar-refractivity contribution in [3.8, 4) is 5.75 Å². The zero-order valence-corrected chi connectivity index (χ0v) is 15.1. The molecular formula is C21H24N2O3. The normalized spacial score (nSPS) is 18.2. The summed E-state index contributed by atoms with van der Waals surface area (Å²) in [6.45, 7) is 4.68. The number of hydrogen-bond acceptors (Lipinski definition) is 4. The summed E-state index contributed by atoms with van der Waals surface area (Å²) in [5.41, 5.74) is 1.67. The second-order valence-electron chi connectivity index (χ2n) is 6.47. The number of amides is 2. The summed E-state index contributed by atoms with van der Waals surface area (Å²) in [4.78, 5) is 26.4. The first-order chi connectivity index (χ1) is 12.6. The van der Waals surface area contributed by atoms with Gasteiger partial charge in [0, 0.05) is 6.04 Å². The fourth-order valence-electron chi connectivity index (χ4n) is 3.08. The molecule has 1 N–H and O–H groups in total. The second-order valence-corrected chi connectivity index (χ2v) is 6.47. The van der Waals surface area contributed by atoms with E-state index in [2.05, 4.69) is 5.32 Å². The van der Waals surface area contributed by atoms with Gasteiger partial charge in [-0.15, -0.1) is 0 Å². The van der Waals surface area contributed by atoms with Crippen LogP contribution in [0.5, 0.6) is 5.75 Å². The molecule has 1 heterocycles. The number of rotatable bonds is 7. The maximum atomic E-state index is 12.8. The summed E-state index contributed by atoms with van der Waals surface area (Å²) < 4.78 is 5.55. The number of nitrogens with one attached hydrogen (secondary N) is 1. The molecule has 0 bridgehead atoms. The van der Waals surface area contributed by atoms with E-state index in [0.717, 1.165) is 17.7 Å². The minimum absolute atomic E-state index is 0.0114. The molecule has 5 nitrogen and oxygen atoms in total. The van der Waals surface area contributed by atoms with E-state index in [-0.39, 0.29) is 24.3 Å². The predicted octanol–water partition coefficient (Wildman–Crippen LogP) is 3.46. The van der Waals surface area contributed by atoms with Crippen molar-refractivity contribution in [1.82, 2.24) is 5.32 Å². The van der Waals surface area contributed by atoms with Gasteiger partial charge < -0.3 is 4.74 Å². The first-order valence-corrected chi connectivity index (χ1v) is 9.00. The van der Waals surface area contributed by atoms with Crippen molar-refractivity contribution in [3.05, 3.63) is 60.2 Å². The molecule has 0 aromatic heterocycles. The average Bonchev–Trinajstić information content (AvgIpc) is 2.94. The number of hydrogen-bond donors (Lipinski definition) is 1. The molecule has 1 aliphatic heterocycles. The lowest BCUT2D eigenvalue weighted by atomic mass is 10.1. The third-order valence-electron chi connectivity index (χ3n) is 4.47. The zero-order chi connectivity index (χ0) is 18.5. The van der Waals surface area contributed by atoms with E-state index in [1.54, 1.807) is 24.3 Å². The van der Waals surface area contributed by atoms with Gasteiger partial charge >= 0.3 is 0 Å². The van der Waals surface area contributed by atoms with E-state index in [9.17, 15) is 9.59 Å². The quantitative estimate of drug-likeness (QED) is 0.776. The van der Waals surface area contributed by atoms with Crippen LogP contribution in [0.3, 0.4) is 0 Å². The van der Waals surface area contributed by atoms with E-state index in [4.69, 9.17) is 4.74 Å². The molecule has 0 spiro atoms. The summed E-state index contributed by atoms with van der Waals surface area (Å²) in [5, 5.41) is 3.28. The molecule has 1 fully saturated rings. The molecule has 2 aromatic rings. The SMILES string of the molecule is CCCOc1ccc(N2C(=O)C[C@H](N[C@@H](C)c3ccccc3)C2=O)cc1. The number of imide groups is 1. The Hall–Kier alpha value is -2.66. The standard InChI is InChI=1S/C21H24N2O3/c1-3-13-26-18-11-9-17(10-12-18)23-20(24)14-19(21(23)25)22-15(2)16-7-5-4-6-8-16/h4-12,15,19,22H,3,13-14H2,1-2H3/t15-,19-/m0/s1. The van der Waals surface area contributed by atoms with Crippen LogP contribution in [0.2, 0.25) is 0 Å². The third kappa shape index (κ3) is 3.94. The molecule has 2 amide bonds. The lowest BCUT2D eigenvalue weighted by molar-refractivity contribution is -0.121. The Morgan fingerprint density at radius 1 is 1.12 bits per heavy atom. The number of carbonyl (C=O) groups excluding carboxylic acids is 2. The predicted molar refractivity (Wildman–Crippen MR) is 101 cm³/mol. The first kappa shape index (κ1) is 18.1. The molecule has 0 aliphatic carbocycles. The molecule has 0 unspecified atom stereocenters. The van der Waals surface area contributed by atoms with Crippen molar-refractivity contribution in [2.45, 2.75) is 38.8 Å². The number of anilines is 1. The average molecular weight is 352 g/mol. The molecule has 2 aromatic carbocycles. The fourth-order valence-corrected chi connectivity index (χ4v) is 3.08. The van der Waals surface area contributed by atoms with Crippen molar-refractivity contribution in [1.29, 1.82) is 0 Å². The van der Waals surface area contributed by atoms with Gasteiger partial charge in [-0.2, -0.15) is 0 Å². The Kier molecular flexibility index (Phi) is 5.68. The maximum absolute atomic E-state index is 12.8. The molecule has 26 heavy (non-hydrogen) atoms. The van der Waals surface area contributed by atoms with Crippen LogP contribution in [0.1, 0.15) is 38.3 Å². The van der Waals surface area contributed by atoms with Crippen LogP contribution in [0.25, 0.3) is 0 Å². The van der Waals surface area contributed by atoms with Crippen LogP contribution in [-0.4, -0.2) is 24.5 Å². The van der Waals surface area contributed by atoms with Crippen LogP contribution in [0.15, 0.2) is 54.6 Å². The topological polar surface area (TPSA) is 58.6 Å². The second kappa shape index (κ2) is 8.15. The molecule has 0 radical (unpaired) electrons. The number of nitrogens with zero attached hydrogens (tertiary/aromatic N) is 1. The van der Waals surface area contributed by atoms with Gasteiger partial charge in [-0.25, -0.2) is 4.90 Å². The molecule has 3 rings (SSSR count). The molecule has 5 heteroatoms. The monoisotopic (exact) mass is 352 g/mol. The van der Waals surface area contributed by atoms with Gasteiger partial charge in [-0.1, -0.05) is 37.3 Å². The Bertz CT molecular complexity index is 759. The van der Waals surface area contributed by atoms with Crippen LogP contribution in [0, 0.1) is 0 Å². The van der Waals surface area contributed by atoms with E-state index >= 15 is 0 Å². The van der Waals surface area contributed by atoms with Gasteiger partial charge in [-0.3, -0.25) is 14.9 Å². The largest absolute Gasteiger partial charge is 0.494 e. The van der Waals surface area contributed by atoms with E-state index in [1.165, 1.54) is 4.90 Å². The molecule has 1 saturated heterocycles. The highest BCUT2D eigenvalue weighted by atomic mass is 16.5. The van der Waals surface area contributed by atoms with Crippen molar-refractivity contribution < 1.29 is 14.3 Å². The minimum atomic E-state index is -0.506. The van der Waals surface area contributed by atoms with Crippen LogP contribution in [0.4, 0.5) is 5.69 Å². The third-order valence-corrected chi connectivity index (χ3v) is 4.47. The number of carbonyl (C=O) groups is 2. The highest BCUT2D eigenvalue weighted by molar-refractivity contribution is 6.22. The van der Waals surface area contributed by atoms with Gasteiger partial charge in [-0.05, 0) is 43.2 Å². The summed E-state index contributed by atoms with van der Waals surface area (Å²) in [6, 6.07) is 16.5. The zero-order valence-electron chi connectivity index (χ0n) is 15.1. The molecule has 0 saturated carbocycles. The van der Waals surface area contributed by atoms with Gasteiger partial charge in [0.1, 0.15) is 5.75 Å². The van der Waals surface area contributed by atoms with Gasteiger partial charge in [0.2, 0.25) is 5.91 Å². The Morgan fingerprint density at radius 2 is 1.81 bits per heavy atom. The minimum Gasteiger partial charge on any atom is -0.494 e. The molecule has 1 aliphatic rings. The number of benzene rings is 2. The van der Waals surface area contributed by atoms with Crippen LogP contribution >= 0.6 is 0 Å². The summed E-state index contributed by atoms with van der Waals surface area (Å²) >= 11 is 0. The smallest absolute Gasteiger partial charge is 0.251 e. The molecule has 2 atom stereocenters. The van der Waals surface area contributed by atoms with Gasteiger partial charge in [0.05, 0.1) is 24.8 Å². The molecule has 136 valence electrons. The van der Waals surface area contributed by atoms with E-state index in [0.29, 0.717) is 12.3 Å². The lowest BCUT2D eigenvalue weighted by Gasteiger charge is -2.19. The van der Waals surface area contributed by atoms with Crippen LogP contribution in [-0.2, 0) is 9.59 Å². The first-order valence-electron chi connectivity index (χ1n) is 9.00. The maximum Gasteiger partial charge on any atom is 0.251 e. The van der Waals surface area contributed by atoms with Crippen molar-refractivity contribution in [2.75, 3.05) is 11.5 Å². The van der Waals surface area contributed by atoms with Crippen molar-refractivity contribution in [2.24, 2.45) is 0 Å². The fraction of sp³-hybridized carbons (Fsp3) is 0.333. The van der Waals surface area contributed by atoms with E-state index < -0.39 is 6.04 Å². The highest BCUT2D eigenvalue weighted by Gasteiger charge is 2.40. The van der Waals surface area contributed by atoms with Crippen molar-refractivity contribution >= 4 is 17.5 Å². The Morgan fingerprint density at radius 3 is 2.46 bits per heavy atom. The lowest BCUT2D eigenvalue weighted by Crippen LogP contribution is -2.39. The Labute approximate surface area is 154 Å². The van der Waals surface area contributed by atoms with Gasteiger partial charge in [0.15, 0.2) is 0 Å². The van der Waals surface area contributed by atoms with Crippen molar-refractivity contribution in [3.63, 3.8) is 0 Å². The Balaban J connectivity index is 1.68. The van der Waals surface area contributed by atoms with E-state index in [1.807, 2.05) is 44.2 Å². The van der Waals surface area contributed by atoms with Crippen LogP contribution < -0.4 is 15.0 Å². The van der Waals surface area contributed by atoms with Gasteiger partial charge in [0.25, 0.3) is 5.91 Å². The summed E-state index contributed by atoms with van der Waals surface area (Å²) in [5.74, 6) is 0.345. The molecular weight excluding hydrogens is 328 g/mol. The summed E-state index contributed by atoms with van der Waals surface area (Å²) in [6.07, 6.45) is 1.10. The number of ether oxygens (including phenoxy) is 1. The summed E-state index contributed by atoms with van der Waals surface area (Å²) in [7, 11) is 0. The highest BCUT2D eigenvalue weighted by Crippen LogP contribution is 2.26.